The second-order valence-electron chi connectivity index (χ2n) is 5.61. The molecule has 19 heavy (non-hydrogen) atoms. The number of hydrogen-bond donors (Lipinski definition) is 2. The van der Waals surface area contributed by atoms with Crippen LogP contribution in [0.15, 0.2) is 4.99 Å². The molecule has 0 amide bonds. The number of hydrogen-bond acceptors (Lipinski definition) is 2. The number of aliphatic imine (C=N–C) groups is 1. The standard InChI is InChI=1S/C15H34N4/c1-7-14(5)19(6)12-11-18-15(16-8-2)17-10-9-13(3)4/h13-14H,7-12H2,1-6H3,(H2,16,17,18). The predicted molar refractivity (Wildman–Crippen MR) is 85.8 cm³/mol. The summed E-state index contributed by atoms with van der Waals surface area (Å²) >= 11 is 0. The van der Waals surface area contributed by atoms with Gasteiger partial charge in [-0.05, 0) is 39.7 Å². The highest BCUT2D eigenvalue weighted by Gasteiger charge is 2.06. The Kier molecular flexibility index (Phi) is 10.6. The van der Waals surface area contributed by atoms with Crippen LogP contribution in [0.4, 0.5) is 0 Å². The minimum absolute atomic E-state index is 0.641. The van der Waals surface area contributed by atoms with Crippen LogP contribution >= 0.6 is 0 Å². The maximum Gasteiger partial charge on any atom is 0.191 e. The van der Waals surface area contributed by atoms with Gasteiger partial charge in [-0.2, -0.15) is 0 Å². The quantitative estimate of drug-likeness (QED) is 0.499. The minimum atomic E-state index is 0.641. The van der Waals surface area contributed by atoms with Gasteiger partial charge < -0.3 is 15.5 Å². The Morgan fingerprint density at radius 2 is 1.84 bits per heavy atom. The Bertz CT molecular complexity index is 238. The van der Waals surface area contributed by atoms with Gasteiger partial charge in [0.15, 0.2) is 5.96 Å². The predicted octanol–water partition coefficient (Wildman–Crippen LogP) is 2.32. The second-order valence-corrected chi connectivity index (χ2v) is 5.61. The summed E-state index contributed by atoms with van der Waals surface area (Å²) in [6, 6.07) is 0.641. The SMILES string of the molecule is CCNC(=NCCC(C)C)NCCN(C)C(C)CC. The normalized spacial score (nSPS) is 14.0. The van der Waals surface area contributed by atoms with Crippen molar-refractivity contribution in [2.75, 3.05) is 33.2 Å². The molecule has 0 aliphatic heterocycles. The van der Waals surface area contributed by atoms with Gasteiger partial charge >= 0.3 is 0 Å². The van der Waals surface area contributed by atoms with Crippen LogP contribution in [-0.2, 0) is 0 Å². The summed E-state index contributed by atoms with van der Waals surface area (Å²) in [7, 11) is 2.18. The zero-order chi connectivity index (χ0) is 14.7. The first kappa shape index (κ1) is 18.2. The van der Waals surface area contributed by atoms with Crippen LogP contribution in [0.1, 0.15) is 47.5 Å². The number of likely N-dealkylation sites (N-methyl/N-ethyl adjacent to an activating group) is 1. The average molecular weight is 270 g/mol. The van der Waals surface area contributed by atoms with E-state index >= 15 is 0 Å². The van der Waals surface area contributed by atoms with Crippen molar-refractivity contribution < 1.29 is 0 Å². The van der Waals surface area contributed by atoms with Gasteiger partial charge in [-0.3, -0.25) is 4.99 Å². The zero-order valence-electron chi connectivity index (χ0n) is 13.8. The topological polar surface area (TPSA) is 39.7 Å². The first-order valence-corrected chi connectivity index (χ1v) is 7.73. The van der Waals surface area contributed by atoms with Crippen molar-refractivity contribution in [3.8, 4) is 0 Å². The summed E-state index contributed by atoms with van der Waals surface area (Å²) < 4.78 is 0. The zero-order valence-corrected chi connectivity index (χ0v) is 13.8. The lowest BCUT2D eigenvalue weighted by Crippen LogP contribution is -2.42. The molecule has 0 aromatic rings. The number of nitrogens with one attached hydrogen (secondary N) is 2. The first-order valence-electron chi connectivity index (χ1n) is 7.73. The molecule has 0 aliphatic rings. The van der Waals surface area contributed by atoms with E-state index in [0.717, 1.165) is 38.6 Å². The smallest absolute Gasteiger partial charge is 0.191 e. The Morgan fingerprint density at radius 1 is 1.16 bits per heavy atom. The molecule has 4 heteroatoms. The molecule has 0 radical (unpaired) electrons. The molecule has 0 fully saturated rings. The van der Waals surface area contributed by atoms with Crippen LogP contribution in [0.25, 0.3) is 0 Å². The maximum absolute atomic E-state index is 4.59. The molecule has 0 saturated carbocycles. The Balaban J connectivity index is 4.00. The number of guanidine groups is 1. The molecular formula is C15H34N4. The van der Waals surface area contributed by atoms with Crippen molar-refractivity contribution in [1.29, 1.82) is 0 Å². The fourth-order valence-electron chi connectivity index (χ4n) is 1.66. The molecule has 4 nitrogen and oxygen atoms in total. The third kappa shape index (κ3) is 9.77. The molecule has 0 aromatic heterocycles. The van der Waals surface area contributed by atoms with Gasteiger partial charge in [0.1, 0.15) is 0 Å². The van der Waals surface area contributed by atoms with Gasteiger partial charge in [0.25, 0.3) is 0 Å². The van der Waals surface area contributed by atoms with E-state index in [1.165, 1.54) is 6.42 Å². The van der Waals surface area contributed by atoms with E-state index in [9.17, 15) is 0 Å². The van der Waals surface area contributed by atoms with Gasteiger partial charge in [0.05, 0.1) is 0 Å². The molecular weight excluding hydrogens is 236 g/mol. The van der Waals surface area contributed by atoms with Crippen molar-refractivity contribution in [3.63, 3.8) is 0 Å². The molecule has 114 valence electrons. The molecule has 0 aromatic carbocycles. The summed E-state index contributed by atoms with van der Waals surface area (Å²) in [5, 5.41) is 6.70. The summed E-state index contributed by atoms with van der Waals surface area (Å²) in [6.07, 6.45) is 2.34. The van der Waals surface area contributed by atoms with Crippen LogP contribution in [-0.4, -0.2) is 50.1 Å². The minimum Gasteiger partial charge on any atom is -0.357 e. The van der Waals surface area contributed by atoms with Crippen LogP contribution in [0.5, 0.6) is 0 Å². The third-order valence-electron chi connectivity index (χ3n) is 3.42. The van der Waals surface area contributed by atoms with Crippen molar-refractivity contribution in [2.24, 2.45) is 10.9 Å². The number of nitrogens with zero attached hydrogens (tertiary/aromatic N) is 2. The molecule has 2 N–H and O–H groups in total. The monoisotopic (exact) mass is 270 g/mol. The van der Waals surface area contributed by atoms with Crippen LogP contribution < -0.4 is 10.6 Å². The van der Waals surface area contributed by atoms with Gasteiger partial charge in [0, 0.05) is 32.2 Å². The van der Waals surface area contributed by atoms with E-state index in [4.69, 9.17) is 0 Å². The largest absolute Gasteiger partial charge is 0.357 e. The van der Waals surface area contributed by atoms with Gasteiger partial charge in [-0.1, -0.05) is 20.8 Å². The highest BCUT2D eigenvalue weighted by Crippen LogP contribution is 1.99. The lowest BCUT2D eigenvalue weighted by atomic mass is 10.1. The Morgan fingerprint density at radius 3 is 2.37 bits per heavy atom. The molecule has 1 unspecified atom stereocenters. The summed E-state index contributed by atoms with van der Waals surface area (Å²) in [6.45, 7) is 14.9. The highest BCUT2D eigenvalue weighted by atomic mass is 15.2. The third-order valence-corrected chi connectivity index (χ3v) is 3.42. The molecule has 0 heterocycles. The van der Waals surface area contributed by atoms with Crippen molar-refractivity contribution >= 4 is 5.96 Å². The molecule has 0 spiro atoms. The number of rotatable bonds is 9. The molecule has 0 aliphatic carbocycles. The van der Waals surface area contributed by atoms with E-state index in [2.05, 4.69) is 62.2 Å². The van der Waals surface area contributed by atoms with Crippen molar-refractivity contribution in [2.45, 2.75) is 53.5 Å². The van der Waals surface area contributed by atoms with Crippen LogP contribution in [0.2, 0.25) is 0 Å². The Hall–Kier alpha value is -0.770. The summed E-state index contributed by atoms with van der Waals surface area (Å²) in [5.74, 6) is 1.66. The second kappa shape index (κ2) is 11.1. The van der Waals surface area contributed by atoms with E-state index in [1.54, 1.807) is 0 Å². The molecule has 0 rings (SSSR count). The molecule has 0 bridgehead atoms. The summed E-state index contributed by atoms with van der Waals surface area (Å²) in [4.78, 5) is 6.97. The summed E-state index contributed by atoms with van der Waals surface area (Å²) in [5.41, 5.74) is 0. The van der Waals surface area contributed by atoms with Crippen molar-refractivity contribution in [1.82, 2.24) is 15.5 Å². The molecule has 0 saturated heterocycles. The van der Waals surface area contributed by atoms with E-state index in [1.807, 2.05) is 0 Å². The van der Waals surface area contributed by atoms with Gasteiger partial charge in [0.2, 0.25) is 0 Å². The lowest BCUT2D eigenvalue weighted by Gasteiger charge is -2.24. The van der Waals surface area contributed by atoms with E-state index in [0.29, 0.717) is 12.0 Å². The fourth-order valence-corrected chi connectivity index (χ4v) is 1.66. The van der Waals surface area contributed by atoms with E-state index in [-0.39, 0.29) is 0 Å². The van der Waals surface area contributed by atoms with Crippen molar-refractivity contribution in [3.05, 3.63) is 0 Å². The highest BCUT2D eigenvalue weighted by molar-refractivity contribution is 5.79. The average Bonchev–Trinajstić information content (AvgIpc) is 2.37. The van der Waals surface area contributed by atoms with E-state index < -0.39 is 0 Å². The van der Waals surface area contributed by atoms with Crippen LogP contribution in [0, 0.1) is 5.92 Å². The maximum atomic E-state index is 4.59. The Labute approximate surface area is 120 Å². The van der Waals surface area contributed by atoms with Crippen LogP contribution in [0.3, 0.4) is 0 Å². The lowest BCUT2D eigenvalue weighted by molar-refractivity contribution is 0.255. The fraction of sp³-hybridized carbons (Fsp3) is 0.933. The first-order chi connectivity index (χ1) is 9.01. The van der Waals surface area contributed by atoms with Gasteiger partial charge in [-0.25, -0.2) is 0 Å². The molecule has 1 atom stereocenters. The van der Waals surface area contributed by atoms with Gasteiger partial charge in [-0.15, -0.1) is 0 Å².